The van der Waals surface area contributed by atoms with E-state index in [-0.39, 0.29) is 24.3 Å². The first-order chi connectivity index (χ1) is 13.5. The Morgan fingerprint density at radius 1 is 1.07 bits per heavy atom. The molecular weight excluding hydrogens is 352 g/mol. The fourth-order valence-electron chi connectivity index (χ4n) is 4.22. The molecule has 1 N–H and O–H groups in total. The summed E-state index contributed by atoms with van der Waals surface area (Å²) in [4.78, 5) is 15.0. The first kappa shape index (κ1) is 19.1. The third-order valence-corrected chi connectivity index (χ3v) is 5.77. The van der Waals surface area contributed by atoms with Gasteiger partial charge in [-0.1, -0.05) is 68.4 Å². The molecule has 4 rings (SSSR count). The number of likely N-dealkylation sites (N-methyl/N-ethyl adjacent to an activating group) is 1. The molecule has 0 radical (unpaired) electrons. The molecule has 3 atom stereocenters. The fraction of sp³-hybridized carbons (Fsp3) is 0.435. The summed E-state index contributed by atoms with van der Waals surface area (Å²) < 4.78 is 11.2. The van der Waals surface area contributed by atoms with Crippen molar-refractivity contribution in [2.24, 2.45) is 5.41 Å². The summed E-state index contributed by atoms with van der Waals surface area (Å²) in [5, 5.41) is 3.36. The van der Waals surface area contributed by atoms with Crippen molar-refractivity contribution in [1.29, 1.82) is 0 Å². The second kappa shape index (κ2) is 7.66. The van der Waals surface area contributed by atoms with Crippen LogP contribution in [0, 0.1) is 5.41 Å². The Balaban J connectivity index is 1.43. The molecule has 148 valence electrons. The van der Waals surface area contributed by atoms with Gasteiger partial charge in [-0.15, -0.1) is 0 Å². The number of rotatable bonds is 5. The van der Waals surface area contributed by atoms with Crippen molar-refractivity contribution < 1.29 is 14.3 Å². The van der Waals surface area contributed by atoms with E-state index in [0.717, 1.165) is 5.56 Å². The highest BCUT2D eigenvalue weighted by Gasteiger charge is 2.46. The monoisotopic (exact) mass is 380 g/mol. The molecule has 2 aromatic carbocycles. The quantitative estimate of drug-likeness (QED) is 0.866. The zero-order valence-corrected chi connectivity index (χ0v) is 16.7. The molecular formula is C23H28N2O3. The van der Waals surface area contributed by atoms with Crippen LogP contribution in [-0.2, 0) is 20.7 Å². The molecule has 2 saturated heterocycles. The van der Waals surface area contributed by atoms with Gasteiger partial charge in [-0.25, -0.2) is 0 Å². The molecule has 2 aromatic rings. The van der Waals surface area contributed by atoms with Crippen LogP contribution in [0.25, 0.3) is 11.1 Å². The van der Waals surface area contributed by atoms with E-state index >= 15 is 0 Å². The van der Waals surface area contributed by atoms with Gasteiger partial charge in [0, 0.05) is 19.0 Å². The van der Waals surface area contributed by atoms with Gasteiger partial charge in [-0.05, 0) is 23.1 Å². The molecule has 0 spiro atoms. The van der Waals surface area contributed by atoms with Crippen LogP contribution in [0.3, 0.4) is 0 Å². The summed E-state index contributed by atoms with van der Waals surface area (Å²) in [7, 11) is 1.85. The number of fused-ring (bicyclic) bond motifs is 1. The lowest BCUT2D eigenvalue weighted by Crippen LogP contribution is -2.53. The molecule has 0 aliphatic carbocycles. The first-order valence-corrected chi connectivity index (χ1v) is 9.84. The minimum Gasteiger partial charge on any atom is -0.348 e. The van der Waals surface area contributed by atoms with Crippen LogP contribution in [0.1, 0.15) is 19.4 Å². The summed E-state index contributed by atoms with van der Waals surface area (Å²) >= 11 is 0. The summed E-state index contributed by atoms with van der Waals surface area (Å²) in [5.41, 5.74) is 3.03. The Hall–Kier alpha value is -2.21. The van der Waals surface area contributed by atoms with E-state index in [1.807, 2.05) is 39.1 Å². The predicted octanol–water partition coefficient (Wildman–Crippen LogP) is 3.05. The molecule has 0 bridgehead atoms. The van der Waals surface area contributed by atoms with E-state index in [1.54, 1.807) is 4.90 Å². The maximum atomic E-state index is 13.2. The average molecular weight is 380 g/mol. The largest absolute Gasteiger partial charge is 0.348 e. The van der Waals surface area contributed by atoms with Crippen molar-refractivity contribution in [2.45, 2.75) is 38.6 Å². The van der Waals surface area contributed by atoms with Gasteiger partial charge < -0.3 is 14.4 Å². The highest BCUT2D eigenvalue weighted by Crippen LogP contribution is 2.30. The lowest BCUT2D eigenvalue weighted by molar-refractivity contribution is -0.144. The molecule has 5 heteroatoms. The van der Waals surface area contributed by atoms with Crippen molar-refractivity contribution in [3.8, 4) is 11.1 Å². The smallest absolute Gasteiger partial charge is 0.229 e. The van der Waals surface area contributed by atoms with Crippen LogP contribution in [0.4, 0.5) is 0 Å². The number of amides is 1. The summed E-state index contributed by atoms with van der Waals surface area (Å²) in [6.07, 6.45) is 0.493. The van der Waals surface area contributed by atoms with Gasteiger partial charge in [-0.3, -0.25) is 10.1 Å². The number of hydrogen-bond donors (Lipinski definition) is 1. The first-order valence-electron chi connectivity index (χ1n) is 9.84. The van der Waals surface area contributed by atoms with Crippen LogP contribution in [-0.4, -0.2) is 49.6 Å². The predicted molar refractivity (Wildman–Crippen MR) is 109 cm³/mol. The van der Waals surface area contributed by atoms with Gasteiger partial charge in [0.2, 0.25) is 5.91 Å². The number of ether oxygens (including phenoxy) is 2. The fourth-order valence-corrected chi connectivity index (χ4v) is 4.22. The molecule has 2 heterocycles. The highest BCUT2D eigenvalue weighted by atomic mass is 16.7. The Morgan fingerprint density at radius 3 is 2.46 bits per heavy atom. The molecule has 2 fully saturated rings. The van der Waals surface area contributed by atoms with E-state index in [1.165, 1.54) is 11.1 Å². The normalized spacial score (nSPS) is 24.2. The summed E-state index contributed by atoms with van der Waals surface area (Å²) in [6, 6.07) is 18.8. The maximum Gasteiger partial charge on any atom is 0.229 e. The van der Waals surface area contributed by atoms with Crippen LogP contribution < -0.4 is 5.32 Å². The number of hydrogen-bond acceptors (Lipinski definition) is 4. The van der Waals surface area contributed by atoms with Crippen molar-refractivity contribution in [3.63, 3.8) is 0 Å². The van der Waals surface area contributed by atoms with E-state index < -0.39 is 5.41 Å². The summed E-state index contributed by atoms with van der Waals surface area (Å²) in [6.45, 7) is 5.05. The zero-order valence-electron chi connectivity index (χ0n) is 16.7. The molecule has 2 aliphatic heterocycles. The Morgan fingerprint density at radius 2 is 1.75 bits per heavy atom. The third kappa shape index (κ3) is 3.70. The highest BCUT2D eigenvalue weighted by molar-refractivity contribution is 5.82. The second-order valence-corrected chi connectivity index (χ2v) is 8.35. The van der Waals surface area contributed by atoms with Crippen molar-refractivity contribution in [3.05, 3.63) is 60.2 Å². The van der Waals surface area contributed by atoms with Crippen LogP contribution >= 0.6 is 0 Å². The van der Waals surface area contributed by atoms with Gasteiger partial charge in [0.25, 0.3) is 0 Å². The number of nitrogens with zero attached hydrogens (tertiary/aromatic N) is 1. The topological polar surface area (TPSA) is 50.8 Å². The van der Waals surface area contributed by atoms with Gasteiger partial charge in [0.05, 0.1) is 0 Å². The number of nitrogens with one attached hydrogen (secondary N) is 1. The Kier molecular flexibility index (Phi) is 5.23. The van der Waals surface area contributed by atoms with Gasteiger partial charge in [0.15, 0.2) is 0 Å². The average Bonchev–Trinajstić information content (AvgIpc) is 3.31. The standard InChI is InChI=1S/C23H28N2O3/c1-23(2,22(26)25(3)21-20-19(14-24-21)27-15-28-20)13-16-9-11-18(12-10-16)17-7-5-4-6-8-17/h4-12,19-21,24H,13-15H2,1-3H3. The van der Waals surface area contributed by atoms with E-state index in [9.17, 15) is 4.79 Å². The molecule has 2 aliphatic rings. The molecule has 0 aromatic heterocycles. The lowest BCUT2D eigenvalue weighted by Gasteiger charge is -2.35. The zero-order chi connectivity index (χ0) is 19.7. The minimum absolute atomic E-state index is 0.0360. The molecule has 1 amide bonds. The Labute approximate surface area is 166 Å². The van der Waals surface area contributed by atoms with E-state index in [4.69, 9.17) is 9.47 Å². The van der Waals surface area contributed by atoms with Crippen molar-refractivity contribution >= 4 is 5.91 Å². The van der Waals surface area contributed by atoms with Crippen LogP contribution in [0.2, 0.25) is 0 Å². The third-order valence-electron chi connectivity index (χ3n) is 5.77. The molecule has 5 nitrogen and oxygen atoms in total. The van der Waals surface area contributed by atoms with Gasteiger partial charge >= 0.3 is 0 Å². The minimum atomic E-state index is -0.512. The van der Waals surface area contributed by atoms with Crippen molar-refractivity contribution in [1.82, 2.24) is 10.2 Å². The van der Waals surface area contributed by atoms with E-state index in [0.29, 0.717) is 19.8 Å². The maximum absolute atomic E-state index is 13.2. The molecule has 3 unspecified atom stereocenters. The van der Waals surface area contributed by atoms with Crippen molar-refractivity contribution in [2.75, 3.05) is 20.4 Å². The second-order valence-electron chi connectivity index (χ2n) is 8.35. The van der Waals surface area contributed by atoms with E-state index in [2.05, 4.69) is 41.7 Å². The number of benzene rings is 2. The SMILES string of the molecule is CN(C(=O)C(C)(C)Cc1ccc(-c2ccccc2)cc1)C1NCC2OCOC21. The molecule has 0 saturated carbocycles. The summed E-state index contributed by atoms with van der Waals surface area (Å²) in [5.74, 6) is 0.105. The molecule has 28 heavy (non-hydrogen) atoms. The lowest BCUT2D eigenvalue weighted by atomic mass is 9.83. The van der Waals surface area contributed by atoms with Gasteiger partial charge in [-0.2, -0.15) is 0 Å². The Bertz CT molecular complexity index is 820. The van der Waals surface area contributed by atoms with Crippen LogP contribution in [0.5, 0.6) is 0 Å². The van der Waals surface area contributed by atoms with Crippen LogP contribution in [0.15, 0.2) is 54.6 Å². The number of carbonyl (C=O) groups excluding carboxylic acids is 1. The van der Waals surface area contributed by atoms with Gasteiger partial charge in [0.1, 0.15) is 25.2 Å². The number of carbonyl (C=O) groups is 1.